The van der Waals surface area contributed by atoms with Gasteiger partial charge in [0.1, 0.15) is 22.8 Å². The Bertz CT molecular complexity index is 1080. The van der Waals surface area contributed by atoms with Gasteiger partial charge in [-0.15, -0.1) is 9.97 Å². The summed E-state index contributed by atoms with van der Waals surface area (Å²) < 4.78 is 8.00. The molecule has 0 aliphatic rings. The number of nitrogens with zero attached hydrogens (tertiary/aromatic N) is 8. The maximum atomic E-state index is 4.75. The molecule has 4 aromatic rings. The lowest BCUT2D eigenvalue weighted by Crippen LogP contribution is -2.34. The van der Waals surface area contributed by atoms with Crippen LogP contribution >= 0.6 is 0 Å². The topological polar surface area (TPSA) is 68.1 Å². The van der Waals surface area contributed by atoms with Crippen LogP contribution in [0.5, 0.6) is 0 Å². The number of aromatic nitrogens is 8. The standard InChI is InChI=1S/C19H26N8/c1-12-10-14(3)26-18(20-12)24(5)16(22-26)8-7-9-17-23-27-15(4)11-13(2)21-19(27)25(17)6/h10-11H,7-9H2,1-6H3/q+2. The van der Waals surface area contributed by atoms with Gasteiger partial charge < -0.3 is 0 Å². The van der Waals surface area contributed by atoms with E-state index in [0.717, 1.165) is 65.2 Å². The minimum absolute atomic E-state index is 0.873. The molecule has 4 rings (SSSR count). The quantitative estimate of drug-likeness (QED) is 0.502. The monoisotopic (exact) mass is 366 g/mol. The van der Waals surface area contributed by atoms with Crippen molar-refractivity contribution in [2.45, 2.75) is 47.0 Å². The molecular formula is C19H26N8+2. The van der Waals surface area contributed by atoms with Crippen molar-refractivity contribution in [3.05, 3.63) is 46.6 Å². The van der Waals surface area contributed by atoms with E-state index in [1.807, 2.05) is 37.0 Å². The average molecular weight is 366 g/mol. The summed E-state index contributed by atoms with van der Waals surface area (Å²) in [4.78, 5) is 9.24. The van der Waals surface area contributed by atoms with Gasteiger partial charge in [-0.2, -0.15) is 0 Å². The summed E-state index contributed by atoms with van der Waals surface area (Å²) in [5.41, 5.74) is 4.22. The Kier molecular flexibility index (Phi) is 4.13. The van der Waals surface area contributed by atoms with Crippen LogP contribution in [0.3, 0.4) is 0 Å². The Balaban J connectivity index is 1.57. The first-order chi connectivity index (χ1) is 12.8. The second-order valence-electron chi connectivity index (χ2n) is 7.31. The molecule has 0 bridgehead atoms. The average Bonchev–Trinajstić information content (AvgIpc) is 3.08. The fourth-order valence-electron chi connectivity index (χ4n) is 3.63. The van der Waals surface area contributed by atoms with Crippen molar-refractivity contribution in [2.75, 3.05) is 0 Å². The highest BCUT2D eigenvalue weighted by Gasteiger charge is 2.22. The zero-order valence-corrected chi connectivity index (χ0v) is 16.9. The number of rotatable bonds is 4. The zero-order chi connectivity index (χ0) is 19.3. The summed E-state index contributed by atoms with van der Waals surface area (Å²) >= 11 is 0. The normalized spacial score (nSPS) is 11.8. The lowest BCUT2D eigenvalue weighted by molar-refractivity contribution is -0.657. The van der Waals surface area contributed by atoms with Crippen molar-refractivity contribution in [2.24, 2.45) is 14.1 Å². The van der Waals surface area contributed by atoms with Gasteiger partial charge in [-0.05, 0) is 44.3 Å². The van der Waals surface area contributed by atoms with E-state index in [1.54, 1.807) is 0 Å². The van der Waals surface area contributed by atoms with Gasteiger partial charge in [0.2, 0.25) is 11.6 Å². The zero-order valence-electron chi connectivity index (χ0n) is 16.9. The molecule has 140 valence electrons. The van der Waals surface area contributed by atoms with Gasteiger partial charge in [0, 0.05) is 25.0 Å². The van der Waals surface area contributed by atoms with Crippen molar-refractivity contribution < 1.29 is 9.13 Å². The van der Waals surface area contributed by atoms with E-state index in [2.05, 4.69) is 45.1 Å². The van der Waals surface area contributed by atoms with E-state index < -0.39 is 0 Å². The first-order valence-electron chi connectivity index (χ1n) is 9.29. The molecule has 0 saturated heterocycles. The van der Waals surface area contributed by atoms with E-state index in [4.69, 9.17) is 10.2 Å². The predicted octanol–water partition coefficient (Wildman–Crippen LogP) is 0.830. The molecule has 0 atom stereocenters. The Morgan fingerprint density at radius 1 is 0.741 bits per heavy atom. The Morgan fingerprint density at radius 2 is 1.15 bits per heavy atom. The molecular weight excluding hydrogens is 340 g/mol. The summed E-state index contributed by atoms with van der Waals surface area (Å²) in [6.45, 7) is 8.15. The van der Waals surface area contributed by atoms with Crippen LogP contribution in [0.25, 0.3) is 11.6 Å². The molecule has 0 amide bonds. The molecule has 4 aromatic heterocycles. The van der Waals surface area contributed by atoms with Crippen molar-refractivity contribution in [3.63, 3.8) is 0 Å². The van der Waals surface area contributed by atoms with Gasteiger partial charge in [-0.3, -0.25) is 0 Å². The lowest BCUT2D eigenvalue weighted by Gasteiger charge is -1.95. The Morgan fingerprint density at radius 3 is 1.56 bits per heavy atom. The van der Waals surface area contributed by atoms with E-state index in [1.165, 1.54) is 0 Å². The highest BCUT2D eigenvalue weighted by molar-refractivity contribution is 5.26. The molecule has 0 unspecified atom stereocenters. The molecule has 4 heterocycles. The molecule has 0 N–H and O–H groups in total. The Labute approximate surface area is 158 Å². The number of hydrogen-bond donors (Lipinski definition) is 0. The molecule has 0 spiro atoms. The van der Waals surface area contributed by atoms with Crippen LogP contribution in [0.4, 0.5) is 0 Å². The highest BCUT2D eigenvalue weighted by atomic mass is 15.4. The smallest absolute Gasteiger partial charge is 0.224 e. The second kappa shape index (κ2) is 6.37. The maximum Gasteiger partial charge on any atom is 0.387 e. The van der Waals surface area contributed by atoms with Crippen molar-refractivity contribution in [1.29, 1.82) is 0 Å². The van der Waals surface area contributed by atoms with Gasteiger partial charge in [-0.1, -0.05) is 9.03 Å². The van der Waals surface area contributed by atoms with Crippen LogP contribution in [0.15, 0.2) is 12.1 Å². The van der Waals surface area contributed by atoms with Crippen LogP contribution < -0.4 is 9.13 Å². The van der Waals surface area contributed by atoms with E-state index in [0.29, 0.717) is 0 Å². The maximum absolute atomic E-state index is 4.75. The van der Waals surface area contributed by atoms with Crippen molar-refractivity contribution >= 4 is 11.6 Å². The minimum Gasteiger partial charge on any atom is -0.224 e. The van der Waals surface area contributed by atoms with Gasteiger partial charge in [0.25, 0.3) is 0 Å². The van der Waals surface area contributed by atoms with Gasteiger partial charge in [-0.25, -0.2) is 9.13 Å². The molecule has 0 fully saturated rings. The molecule has 0 saturated carbocycles. The third-order valence-electron chi connectivity index (χ3n) is 5.04. The number of hydrogen-bond acceptors (Lipinski definition) is 4. The third-order valence-corrected chi connectivity index (χ3v) is 5.04. The van der Waals surface area contributed by atoms with E-state index >= 15 is 0 Å². The summed E-state index contributed by atoms with van der Waals surface area (Å²) in [7, 11) is 4.06. The number of aryl methyl sites for hydroxylation is 8. The molecule has 0 radical (unpaired) electrons. The van der Waals surface area contributed by atoms with E-state index in [-0.39, 0.29) is 0 Å². The molecule has 8 nitrogen and oxygen atoms in total. The Hall–Kier alpha value is -2.90. The molecule has 0 aromatic carbocycles. The third kappa shape index (κ3) is 2.94. The molecule has 8 heteroatoms. The fraction of sp³-hybridized carbons (Fsp3) is 0.474. The van der Waals surface area contributed by atoms with Crippen molar-refractivity contribution in [3.8, 4) is 0 Å². The summed E-state index contributed by atoms with van der Waals surface area (Å²) in [5.74, 6) is 3.84. The molecule has 0 aliphatic carbocycles. The first-order valence-corrected chi connectivity index (χ1v) is 9.29. The summed E-state index contributed by atoms with van der Waals surface area (Å²) in [5, 5.41) is 9.49. The van der Waals surface area contributed by atoms with E-state index in [9.17, 15) is 0 Å². The largest absolute Gasteiger partial charge is 0.387 e. The van der Waals surface area contributed by atoms with Gasteiger partial charge in [0.05, 0.1) is 14.1 Å². The first kappa shape index (κ1) is 17.5. The van der Waals surface area contributed by atoms with Gasteiger partial charge in [0.15, 0.2) is 0 Å². The summed E-state index contributed by atoms with van der Waals surface area (Å²) in [6.07, 6.45) is 2.71. The van der Waals surface area contributed by atoms with Crippen LogP contribution in [-0.4, -0.2) is 29.2 Å². The number of fused-ring (bicyclic) bond motifs is 2. The SMILES string of the molecule is Cc1cc(C)n2nc(CCCc3nn4c(C)cc(C)nc4[n+]3C)[n+](C)c2n1. The minimum atomic E-state index is 0.873. The second-order valence-corrected chi connectivity index (χ2v) is 7.31. The van der Waals surface area contributed by atoms with Crippen molar-refractivity contribution in [1.82, 2.24) is 29.2 Å². The van der Waals surface area contributed by atoms with Crippen LogP contribution in [-0.2, 0) is 26.9 Å². The van der Waals surface area contributed by atoms with Crippen LogP contribution in [0.2, 0.25) is 0 Å². The highest BCUT2D eigenvalue weighted by Crippen LogP contribution is 2.08. The predicted molar refractivity (Wildman–Crippen MR) is 99.3 cm³/mol. The molecule has 27 heavy (non-hydrogen) atoms. The lowest BCUT2D eigenvalue weighted by atomic mass is 10.2. The fourth-order valence-corrected chi connectivity index (χ4v) is 3.63. The molecule has 0 aliphatic heterocycles. The van der Waals surface area contributed by atoms with Crippen LogP contribution in [0.1, 0.15) is 40.8 Å². The van der Waals surface area contributed by atoms with Crippen LogP contribution in [0, 0.1) is 27.7 Å². The summed E-state index contributed by atoms with van der Waals surface area (Å²) in [6, 6.07) is 4.11. The van der Waals surface area contributed by atoms with Gasteiger partial charge >= 0.3 is 11.6 Å².